The monoisotopic (exact) mass is 397 g/mol. The Morgan fingerprint density at radius 3 is 2.57 bits per heavy atom. The van der Waals surface area contributed by atoms with Gasteiger partial charge in [-0.3, -0.25) is 4.79 Å². The molecule has 1 saturated heterocycles. The zero-order chi connectivity index (χ0) is 19.5. The lowest BCUT2D eigenvalue weighted by atomic mass is 10.2. The third kappa shape index (κ3) is 3.75. The van der Waals surface area contributed by atoms with Crippen LogP contribution in [0.3, 0.4) is 0 Å². The van der Waals surface area contributed by atoms with Gasteiger partial charge in [-0.2, -0.15) is 0 Å². The molecule has 1 aliphatic heterocycles. The summed E-state index contributed by atoms with van der Waals surface area (Å²) in [6.45, 7) is 4.91. The standard InChI is InChI=1S/C21H23N3O3S/c1-15-6-3-4-7-16(15)27-14-19(25)23-10-12-24(13-11-23)21-22-20-17(26-2)8-5-9-18(20)28-21/h3-9H,10-14H2,1-2H3. The predicted octanol–water partition coefficient (Wildman–Crippen LogP) is 3.34. The number of piperazine rings is 1. The minimum absolute atomic E-state index is 0.0221. The number of para-hydroxylation sites is 2. The highest BCUT2D eigenvalue weighted by atomic mass is 32.1. The summed E-state index contributed by atoms with van der Waals surface area (Å²) in [5.41, 5.74) is 1.93. The molecule has 1 aliphatic rings. The van der Waals surface area contributed by atoms with E-state index in [1.807, 2.05) is 48.2 Å². The summed E-state index contributed by atoms with van der Waals surface area (Å²) in [7, 11) is 1.66. The number of carbonyl (C=O) groups excluding carboxylic acids is 1. The fourth-order valence-corrected chi connectivity index (χ4v) is 4.34. The number of carbonyl (C=O) groups is 1. The molecule has 0 radical (unpaired) electrons. The summed E-state index contributed by atoms with van der Waals surface area (Å²) in [6.07, 6.45) is 0. The van der Waals surface area contributed by atoms with E-state index in [4.69, 9.17) is 14.5 Å². The summed E-state index contributed by atoms with van der Waals surface area (Å²) in [4.78, 5) is 21.4. The summed E-state index contributed by atoms with van der Waals surface area (Å²) in [6, 6.07) is 13.7. The fraction of sp³-hybridized carbons (Fsp3) is 0.333. The molecule has 28 heavy (non-hydrogen) atoms. The Bertz CT molecular complexity index is 980. The lowest BCUT2D eigenvalue weighted by molar-refractivity contribution is -0.133. The smallest absolute Gasteiger partial charge is 0.260 e. The molecule has 0 saturated carbocycles. The van der Waals surface area contributed by atoms with E-state index in [1.165, 1.54) is 0 Å². The quantitative estimate of drug-likeness (QED) is 0.661. The van der Waals surface area contributed by atoms with Crippen LogP contribution in [0.25, 0.3) is 10.2 Å². The van der Waals surface area contributed by atoms with Gasteiger partial charge in [-0.25, -0.2) is 4.98 Å². The first-order valence-electron chi connectivity index (χ1n) is 9.30. The van der Waals surface area contributed by atoms with E-state index in [0.717, 1.165) is 45.5 Å². The van der Waals surface area contributed by atoms with Gasteiger partial charge in [0, 0.05) is 26.2 Å². The number of aromatic nitrogens is 1. The number of aryl methyl sites for hydroxylation is 1. The predicted molar refractivity (Wildman–Crippen MR) is 112 cm³/mol. The van der Waals surface area contributed by atoms with Crippen molar-refractivity contribution in [2.75, 3.05) is 44.8 Å². The molecule has 1 fully saturated rings. The van der Waals surface area contributed by atoms with Gasteiger partial charge < -0.3 is 19.3 Å². The van der Waals surface area contributed by atoms with Crippen LogP contribution in [0.15, 0.2) is 42.5 Å². The maximum Gasteiger partial charge on any atom is 0.260 e. The maximum atomic E-state index is 12.5. The number of thiazole rings is 1. The van der Waals surface area contributed by atoms with Crippen LogP contribution in [-0.4, -0.2) is 55.7 Å². The molecule has 0 bridgehead atoms. The molecule has 1 amide bonds. The van der Waals surface area contributed by atoms with E-state index < -0.39 is 0 Å². The third-order valence-electron chi connectivity index (χ3n) is 4.94. The second-order valence-corrected chi connectivity index (χ2v) is 7.73. The molecule has 0 N–H and O–H groups in total. The van der Waals surface area contributed by atoms with E-state index in [9.17, 15) is 4.79 Å². The van der Waals surface area contributed by atoms with Gasteiger partial charge in [-0.15, -0.1) is 0 Å². The lowest BCUT2D eigenvalue weighted by Crippen LogP contribution is -2.50. The number of nitrogens with zero attached hydrogens (tertiary/aromatic N) is 3. The van der Waals surface area contributed by atoms with E-state index in [2.05, 4.69) is 11.0 Å². The first-order chi connectivity index (χ1) is 13.7. The summed E-state index contributed by atoms with van der Waals surface area (Å²) in [5, 5.41) is 0.975. The Labute approximate surface area is 168 Å². The van der Waals surface area contributed by atoms with E-state index in [1.54, 1.807) is 18.4 Å². The molecule has 7 heteroatoms. The van der Waals surface area contributed by atoms with Crippen molar-refractivity contribution in [1.82, 2.24) is 9.88 Å². The van der Waals surface area contributed by atoms with E-state index >= 15 is 0 Å². The van der Waals surface area contributed by atoms with Crippen LogP contribution in [0.4, 0.5) is 5.13 Å². The van der Waals surface area contributed by atoms with E-state index in [0.29, 0.717) is 13.1 Å². The van der Waals surface area contributed by atoms with Gasteiger partial charge in [0.2, 0.25) is 0 Å². The van der Waals surface area contributed by atoms with Crippen molar-refractivity contribution in [2.45, 2.75) is 6.92 Å². The van der Waals surface area contributed by atoms with Gasteiger partial charge in [-0.05, 0) is 30.7 Å². The van der Waals surface area contributed by atoms with Crippen molar-refractivity contribution < 1.29 is 14.3 Å². The number of benzene rings is 2. The molecule has 4 rings (SSSR count). The highest BCUT2D eigenvalue weighted by Gasteiger charge is 2.24. The summed E-state index contributed by atoms with van der Waals surface area (Å²) in [5.74, 6) is 1.58. The SMILES string of the molecule is COc1cccc2sc(N3CCN(C(=O)COc4ccccc4C)CC3)nc12. The van der Waals surface area contributed by atoms with Crippen molar-refractivity contribution in [3.63, 3.8) is 0 Å². The van der Waals surface area contributed by atoms with Gasteiger partial charge in [0.15, 0.2) is 11.7 Å². The molecule has 6 nitrogen and oxygen atoms in total. The maximum absolute atomic E-state index is 12.5. The Morgan fingerprint density at radius 2 is 1.82 bits per heavy atom. The van der Waals surface area contributed by atoms with Gasteiger partial charge in [0.05, 0.1) is 11.8 Å². The van der Waals surface area contributed by atoms with Crippen molar-refractivity contribution >= 4 is 32.6 Å². The Hall–Kier alpha value is -2.80. The first-order valence-corrected chi connectivity index (χ1v) is 10.1. The fourth-order valence-electron chi connectivity index (χ4n) is 3.31. The second kappa shape index (κ2) is 8.06. The van der Waals surface area contributed by atoms with Crippen LogP contribution in [0.1, 0.15) is 5.56 Å². The molecule has 2 heterocycles. The van der Waals surface area contributed by atoms with Gasteiger partial charge >= 0.3 is 0 Å². The lowest BCUT2D eigenvalue weighted by Gasteiger charge is -2.34. The first kappa shape index (κ1) is 18.6. The highest BCUT2D eigenvalue weighted by Crippen LogP contribution is 2.34. The molecule has 0 spiro atoms. The van der Waals surface area contributed by atoms with Gasteiger partial charge in [0.1, 0.15) is 17.0 Å². The number of fused-ring (bicyclic) bond motifs is 1. The minimum atomic E-state index is 0.0221. The molecule has 0 atom stereocenters. The average Bonchev–Trinajstić information content (AvgIpc) is 3.17. The Balaban J connectivity index is 1.35. The number of hydrogen-bond acceptors (Lipinski definition) is 6. The van der Waals surface area contributed by atoms with Crippen molar-refractivity contribution in [3.8, 4) is 11.5 Å². The molecule has 3 aromatic rings. The van der Waals surface area contributed by atoms with Crippen LogP contribution in [-0.2, 0) is 4.79 Å². The van der Waals surface area contributed by atoms with Crippen LogP contribution < -0.4 is 14.4 Å². The Kier molecular flexibility index (Phi) is 5.34. The van der Waals surface area contributed by atoms with Crippen LogP contribution in [0.2, 0.25) is 0 Å². The summed E-state index contributed by atoms with van der Waals surface area (Å²) >= 11 is 1.66. The van der Waals surface area contributed by atoms with Crippen molar-refractivity contribution in [1.29, 1.82) is 0 Å². The number of ether oxygens (including phenoxy) is 2. The Morgan fingerprint density at radius 1 is 1.07 bits per heavy atom. The van der Waals surface area contributed by atoms with Crippen LogP contribution in [0.5, 0.6) is 11.5 Å². The second-order valence-electron chi connectivity index (χ2n) is 6.73. The van der Waals surface area contributed by atoms with Crippen LogP contribution in [0, 0.1) is 6.92 Å². The number of amides is 1. The summed E-state index contributed by atoms with van der Waals surface area (Å²) < 4.78 is 12.2. The molecular formula is C21H23N3O3S. The number of methoxy groups -OCH3 is 1. The highest BCUT2D eigenvalue weighted by molar-refractivity contribution is 7.22. The normalized spacial score (nSPS) is 14.4. The molecule has 1 aromatic heterocycles. The topological polar surface area (TPSA) is 54.9 Å². The zero-order valence-corrected chi connectivity index (χ0v) is 16.9. The van der Waals surface area contributed by atoms with Crippen molar-refractivity contribution in [2.24, 2.45) is 0 Å². The third-order valence-corrected chi connectivity index (χ3v) is 6.02. The molecule has 2 aromatic carbocycles. The largest absolute Gasteiger partial charge is 0.494 e. The molecule has 0 aliphatic carbocycles. The number of rotatable bonds is 5. The van der Waals surface area contributed by atoms with E-state index in [-0.39, 0.29) is 12.5 Å². The molecule has 0 unspecified atom stereocenters. The number of anilines is 1. The number of hydrogen-bond donors (Lipinski definition) is 0. The van der Waals surface area contributed by atoms with Crippen LogP contribution >= 0.6 is 11.3 Å². The average molecular weight is 398 g/mol. The minimum Gasteiger partial charge on any atom is -0.494 e. The zero-order valence-electron chi connectivity index (χ0n) is 16.1. The molecule has 146 valence electrons. The molecular weight excluding hydrogens is 374 g/mol. The van der Waals surface area contributed by atoms with Gasteiger partial charge in [-0.1, -0.05) is 35.6 Å². The van der Waals surface area contributed by atoms with Gasteiger partial charge in [0.25, 0.3) is 5.91 Å². The van der Waals surface area contributed by atoms with Crippen molar-refractivity contribution in [3.05, 3.63) is 48.0 Å².